The van der Waals surface area contributed by atoms with E-state index in [2.05, 4.69) is 5.32 Å². The highest BCUT2D eigenvalue weighted by Gasteiger charge is 2.53. The van der Waals surface area contributed by atoms with E-state index in [1.54, 1.807) is 18.0 Å². The number of hydrogen-bond donors (Lipinski definition) is 1. The minimum absolute atomic E-state index is 0.0551. The van der Waals surface area contributed by atoms with Gasteiger partial charge in [0.15, 0.2) is 0 Å². The lowest BCUT2D eigenvalue weighted by Gasteiger charge is -2.29. The molecule has 1 aromatic rings. The van der Waals surface area contributed by atoms with Crippen molar-refractivity contribution in [2.24, 2.45) is 0 Å². The molecular weight excluding hydrogens is 293 g/mol. The van der Waals surface area contributed by atoms with Crippen molar-refractivity contribution in [2.75, 3.05) is 20.1 Å². The van der Waals surface area contributed by atoms with Crippen LogP contribution in [0, 0.1) is 0 Å². The van der Waals surface area contributed by atoms with E-state index in [9.17, 15) is 18.0 Å². The van der Waals surface area contributed by atoms with Crippen LogP contribution in [0.3, 0.4) is 0 Å². The number of rotatable bonds is 3. The summed E-state index contributed by atoms with van der Waals surface area (Å²) in [6.45, 7) is 1.62. The fraction of sp³-hybridized carbons (Fsp3) is 0.562. The summed E-state index contributed by atoms with van der Waals surface area (Å²) in [5.41, 5.74) is -0.946. The van der Waals surface area contributed by atoms with Crippen LogP contribution < -0.4 is 5.32 Å². The molecule has 1 atom stereocenters. The molecule has 120 valence electrons. The summed E-state index contributed by atoms with van der Waals surface area (Å²) in [6.07, 6.45) is -2.24. The Morgan fingerprint density at radius 1 is 1.36 bits per heavy atom. The average Bonchev–Trinajstić information content (AvgIpc) is 3.12. The number of carbonyl (C=O) groups excluding carboxylic acids is 1. The molecule has 6 heteroatoms. The molecule has 2 aliphatic rings. The van der Waals surface area contributed by atoms with Crippen LogP contribution >= 0.6 is 0 Å². The maximum absolute atomic E-state index is 12.9. The molecule has 1 amide bonds. The van der Waals surface area contributed by atoms with Crippen LogP contribution in [0.4, 0.5) is 13.2 Å². The SMILES string of the molecule is CN(C(=O)C1(c2cccc(C(F)(F)F)c2)CC1)C1CCNC1. The Labute approximate surface area is 127 Å². The van der Waals surface area contributed by atoms with Gasteiger partial charge in [0.05, 0.1) is 11.0 Å². The Balaban J connectivity index is 1.85. The highest BCUT2D eigenvalue weighted by molar-refractivity contribution is 5.91. The van der Waals surface area contributed by atoms with Gasteiger partial charge in [-0.1, -0.05) is 18.2 Å². The summed E-state index contributed by atoms with van der Waals surface area (Å²) in [6, 6.07) is 5.35. The standard InChI is InChI=1S/C16H19F3N2O/c1-21(13-5-8-20-10-13)14(22)15(6-7-15)11-3-2-4-12(9-11)16(17,18)19/h2-4,9,13,20H,5-8,10H2,1H3. The first-order valence-corrected chi connectivity index (χ1v) is 7.50. The molecule has 22 heavy (non-hydrogen) atoms. The van der Waals surface area contributed by atoms with Crippen molar-refractivity contribution in [2.45, 2.75) is 36.9 Å². The molecule has 1 unspecified atom stereocenters. The largest absolute Gasteiger partial charge is 0.416 e. The second-order valence-electron chi connectivity index (χ2n) is 6.22. The highest BCUT2D eigenvalue weighted by atomic mass is 19.4. The zero-order valence-corrected chi connectivity index (χ0v) is 12.4. The third-order valence-electron chi connectivity index (χ3n) is 4.80. The maximum atomic E-state index is 12.9. The van der Waals surface area contributed by atoms with Crippen molar-refractivity contribution in [1.82, 2.24) is 10.2 Å². The van der Waals surface area contributed by atoms with E-state index in [1.807, 2.05) is 0 Å². The van der Waals surface area contributed by atoms with E-state index < -0.39 is 17.2 Å². The first-order chi connectivity index (χ1) is 10.3. The highest BCUT2D eigenvalue weighted by Crippen LogP contribution is 2.50. The van der Waals surface area contributed by atoms with Gasteiger partial charge in [-0.15, -0.1) is 0 Å². The van der Waals surface area contributed by atoms with Crippen molar-refractivity contribution < 1.29 is 18.0 Å². The second-order valence-corrected chi connectivity index (χ2v) is 6.22. The first-order valence-electron chi connectivity index (χ1n) is 7.50. The topological polar surface area (TPSA) is 32.3 Å². The molecule has 0 radical (unpaired) electrons. The maximum Gasteiger partial charge on any atom is 0.416 e. The van der Waals surface area contributed by atoms with Crippen LogP contribution in [0.25, 0.3) is 0 Å². The van der Waals surface area contributed by atoms with Crippen molar-refractivity contribution in [3.8, 4) is 0 Å². The Kier molecular flexibility index (Phi) is 3.67. The number of nitrogens with zero attached hydrogens (tertiary/aromatic N) is 1. The number of alkyl halides is 3. The summed E-state index contributed by atoms with van der Waals surface area (Å²) in [7, 11) is 1.76. The predicted molar refractivity (Wildman–Crippen MR) is 76.4 cm³/mol. The van der Waals surface area contributed by atoms with Gasteiger partial charge in [-0.05, 0) is 37.4 Å². The molecule has 1 aliphatic heterocycles. The van der Waals surface area contributed by atoms with E-state index in [0.717, 1.165) is 31.6 Å². The van der Waals surface area contributed by atoms with E-state index in [1.165, 1.54) is 6.07 Å². The van der Waals surface area contributed by atoms with Crippen LogP contribution in [0.1, 0.15) is 30.4 Å². The molecular formula is C16H19F3N2O. The third-order valence-corrected chi connectivity index (χ3v) is 4.80. The minimum atomic E-state index is -4.38. The third kappa shape index (κ3) is 2.60. The number of amides is 1. The average molecular weight is 312 g/mol. The van der Waals surface area contributed by atoms with Gasteiger partial charge in [-0.25, -0.2) is 0 Å². The summed E-state index contributed by atoms with van der Waals surface area (Å²) >= 11 is 0. The molecule has 0 spiro atoms. The molecule has 1 saturated heterocycles. The Hall–Kier alpha value is -1.56. The number of carbonyl (C=O) groups is 1. The van der Waals surface area contributed by atoms with E-state index in [-0.39, 0.29) is 11.9 Å². The van der Waals surface area contributed by atoms with Crippen LogP contribution in [-0.2, 0) is 16.4 Å². The lowest BCUT2D eigenvalue weighted by Crippen LogP contribution is -2.44. The van der Waals surface area contributed by atoms with Gasteiger partial charge in [-0.2, -0.15) is 13.2 Å². The fourth-order valence-electron chi connectivity index (χ4n) is 3.22. The van der Waals surface area contributed by atoms with Gasteiger partial charge in [0.1, 0.15) is 0 Å². The molecule has 3 rings (SSSR count). The van der Waals surface area contributed by atoms with Crippen molar-refractivity contribution in [1.29, 1.82) is 0 Å². The Bertz CT molecular complexity index is 575. The fourth-order valence-corrected chi connectivity index (χ4v) is 3.22. The van der Waals surface area contributed by atoms with Crippen LogP contribution in [0.15, 0.2) is 24.3 Å². The van der Waals surface area contributed by atoms with Gasteiger partial charge in [0.2, 0.25) is 5.91 Å². The van der Waals surface area contributed by atoms with Crippen LogP contribution in [0.2, 0.25) is 0 Å². The van der Waals surface area contributed by atoms with Gasteiger partial charge in [-0.3, -0.25) is 4.79 Å². The second kappa shape index (κ2) is 5.26. The summed E-state index contributed by atoms with van der Waals surface area (Å²) in [4.78, 5) is 14.5. The molecule has 1 aromatic carbocycles. The molecule has 0 aromatic heterocycles. The zero-order valence-electron chi connectivity index (χ0n) is 12.4. The molecule has 1 aliphatic carbocycles. The molecule has 2 fully saturated rings. The Morgan fingerprint density at radius 2 is 2.09 bits per heavy atom. The molecule has 1 heterocycles. The lowest BCUT2D eigenvalue weighted by atomic mass is 9.92. The monoisotopic (exact) mass is 312 g/mol. The summed E-state index contributed by atoms with van der Waals surface area (Å²) in [5.74, 6) is -0.0551. The normalized spacial score (nSPS) is 23.4. The van der Waals surface area contributed by atoms with E-state index >= 15 is 0 Å². The number of benzene rings is 1. The molecule has 0 bridgehead atoms. The quantitative estimate of drug-likeness (QED) is 0.930. The number of likely N-dealkylation sites (N-methyl/N-ethyl adjacent to an activating group) is 1. The minimum Gasteiger partial charge on any atom is -0.341 e. The zero-order chi connectivity index (χ0) is 16.0. The van der Waals surface area contributed by atoms with Gasteiger partial charge < -0.3 is 10.2 Å². The predicted octanol–water partition coefficient (Wildman–Crippen LogP) is 2.56. The Morgan fingerprint density at radius 3 is 2.64 bits per heavy atom. The first kappa shape index (κ1) is 15.3. The number of halogens is 3. The summed E-state index contributed by atoms with van der Waals surface area (Å²) in [5, 5.41) is 3.21. The molecule has 1 N–H and O–H groups in total. The van der Waals surface area contributed by atoms with E-state index in [0.29, 0.717) is 18.4 Å². The van der Waals surface area contributed by atoms with Crippen molar-refractivity contribution in [3.05, 3.63) is 35.4 Å². The molecule has 3 nitrogen and oxygen atoms in total. The number of hydrogen-bond acceptors (Lipinski definition) is 2. The van der Waals surface area contributed by atoms with Crippen LogP contribution in [-0.4, -0.2) is 37.0 Å². The van der Waals surface area contributed by atoms with Crippen molar-refractivity contribution in [3.63, 3.8) is 0 Å². The summed E-state index contributed by atoms with van der Waals surface area (Å²) < 4.78 is 38.6. The van der Waals surface area contributed by atoms with E-state index in [4.69, 9.17) is 0 Å². The van der Waals surface area contributed by atoms with Crippen molar-refractivity contribution >= 4 is 5.91 Å². The molecule has 1 saturated carbocycles. The smallest absolute Gasteiger partial charge is 0.341 e. The lowest BCUT2D eigenvalue weighted by molar-refractivity contribution is -0.138. The van der Waals surface area contributed by atoms with Crippen LogP contribution in [0.5, 0.6) is 0 Å². The number of nitrogens with one attached hydrogen (secondary N) is 1. The van der Waals surface area contributed by atoms with Gasteiger partial charge >= 0.3 is 6.18 Å². The van der Waals surface area contributed by atoms with Gasteiger partial charge in [0, 0.05) is 19.6 Å². The van der Waals surface area contributed by atoms with Gasteiger partial charge in [0.25, 0.3) is 0 Å².